The van der Waals surface area contributed by atoms with Crippen LogP contribution in [-0.4, -0.2) is 36.7 Å². The van der Waals surface area contributed by atoms with Crippen LogP contribution in [0.1, 0.15) is 34.1 Å². The largest absolute Gasteiger partial charge is 0.454 e. The third kappa shape index (κ3) is 3.77. The summed E-state index contributed by atoms with van der Waals surface area (Å²) in [5, 5.41) is 4.08. The summed E-state index contributed by atoms with van der Waals surface area (Å²) in [6.45, 7) is 4.80. The van der Waals surface area contributed by atoms with Crippen molar-refractivity contribution in [2.75, 3.05) is 20.9 Å². The van der Waals surface area contributed by atoms with Crippen LogP contribution < -0.4 is 14.8 Å². The van der Waals surface area contributed by atoms with Gasteiger partial charge in [-0.1, -0.05) is 13.0 Å². The van der Waals surface area contributed by atoms with Crippen LogP contribution in [0.15, 0.2) is 18.2 Å². The summed E-state index contributed by atoms with van der Waals surface area (Å²) < 4.78 is 10.8. The fraction of sp³-hybridized carbons (Fsp3) is 0.444. The summed E-state index contributed by atoms with van der Waals surface area (Å²) in [5.41, 5.74) is 1.94. The van der Waals surface area contributed by atoms with Crippen molar-refractivity contribution in [1.29, 1.82) is 0 Å². The number of likely N-dealkylation sites (N-methyl/N-ethyl adjacent to an activating group) is 1. The van der Waals surface area contributed by atoms with Crippen molar-refractivity contribution in [3.05, 3.63) is 39.3 Å². The van der Waals surface area contributed by atoms with Crippen LogP contribution in [0.5, 0.6) is 11.5 Å². The molecule has 0 bridgehead atoms. The van der Waals surface area contributed by atoms with Gasteiger partial charge in [0.15, 0.2) is 11.5 Å². The zero-order chi connectivity index (χ0) is 18.0. The monoisotopic (exact) mass is 361 g/mol. The first-order valence-corrected chi connectivity index (χ1v) is 9.10. The molecule has 0 spiro atoms. The normalized spacial score (nSPS) is 14.0. The maximum atomic E-state index is 12.8. The highest BCUT2D eigenvalue weighted by molar-refractivity contribution is 7.11. The summed E-state index contributed by atoms with van der Waals surface area (Å²) in [6.07, 6.45) is 0.870. The van der Waals surface area contributed by atoms with Crippen LogP contribution in [-0.2, 0) is 17.8 Å². The van der Waals surface area contributed by atoms with Crippen LogP contribution in [0.25, 0.3) is 0 Å². The van der Waals surface area contributed by atoms with E-state index in [1.165, 1.54) is 0 Å². The Morgan fingerprint density at radius 2 is 2.12 bits per heavy atom. The Morgan fingerprint density at radius 3 is 2.84 bits per heavy atom. The lowest BCUT2D eigenvalue weighted by atomic mass is 10.0. The summed E-state index contributed by atoms with van der Waals surface area (Å²) in [7, 11) is 3.78. The molecule has 2 heterocycles. The SMILES string of the molecule is CCc1nc(C)sc1CNC(=O)C(c1ccc2c(c1)OCO2)N(C)C. The number of ether oxygens (including phenoxy) is 2. The minimum absolute atomic E-state index is 0.0445. The van der Waals surface area contributed by atoms with Crippen molar-refractivity contribution in [2.45, 2.75) is 32.9 Å². The number of rotatable bonds is 6. The van der Waals surface area contributed by atoms with Crippen LogP contribution in [0.2, 0.25) is 0 Å². The van der Waals surface area contributed by atoms with Gasteiger partial charge in [0.25, 0.3) is 0 Å². The van der Waals surface area contributed by atoms with Crippen molar-refractivity contribution in [1.82, 2.24) is 15.2 Å². The second kappa shape index (κ2) is 7.41. The smallest absolute Gasteiger partial charge is 0.242 e. The molecule has 7 heteroatoms. The lowest BCUT2D eigenvalue weighted by Crippen LogP contribution is -2.36. The molecule has 0 fully saturated rings. The molecule has 1 aliphatic heterocycles. The van der Waals surface area contributed by atoms with E-state index in [2.05, 4.69) is 17.2 Å². The Kier molecular flexibility index (Phi) is 5.24. The van der Waals surface area contributed by atoms with Gasteiger partial charge in [-0.3, -0.25) is 9.69 Å². The summed E-state index contributed by atoms with van der Waals surface area (Å²) in [5.74, 6) is 1.36. The van der Waals surface area contributed by atoms with E-state index in [1.54, 1.807) is 11.3 Å². The molecule has 6 nitrogen and oxygen atoms in total. The Morgan fingerprint density at radius 1 is 1.36 bits per heavy atom. The van der Waals surface area contributed by atoms with Crippen molar-refractivity contribution in [3.8, 4) is 11.5 Å². The number of aryl methyl sites for hydroxylation is 2. The molecule has 0 saturated carbocycles. The molecule has 2 aromatic rings. The maximum Gasteiger partial charge on any atom is 0.242 e. The zero-order valence-corrected chi connectivity index (χ0v) is 15.8. The number of hydrogen-bond donors (Lipinski definition) is 1. The first-order chi connectivity index (χ1) is 12.0. The third-order valence-electron chi connectivity index (χ3n) is 4.12. The number of fused-ring (bicyclic) bond motifs is 1. The molecule has 1 N–H and O–H groups in total. The number of hydrogen-bond acceptors (Lipinski definition) is 6. The molecule has 1 atom stereocenters. The highest BCUT2D eigenvalue weighted by atomic mass is 32.1. The number of benzene rings is 1. The average molecular weight is 361 g/mol. The molecule has 1 aromatic carbocycles. The molecule has 1 aromatic heterocycles. The first-order valence-electron chi connectivity index (χ1n) is 8.28. The van der Waals surface area contributed by atoms with Gasteiger partial charge in [0.2, 0.25) is 12.7 Å². The van der Waals surface area contributed by atoms with Crippen molar-refractivity contribution in [2.24, 2.45) is 0 Å². The second-order valence-corrected chi connectivity index (χ2v) is 7.44. The number of thiazole rings is 1. The minimum Gasteiger partial charge on any atom is -0.454 e. The number of carbonyl (C=O) groups is 1. The molecular weight excluding hydrogens is 338 g/mol. The molecule has 25 heavy (non-hydrogen) atoms. The fourth-order valence-electron chi connectivity index (χ4n) is 2.96. The van der Waals surface area contributed by atoms with Crippen LogP contribution >= 0.6 is 11.3 Å². The highest BCUT2D eigenvalue weighted by Gasteiger charge is 2.25. The molecule has 134 valence electrons. The number of amides is 1. The van der Waals surface area contributed by atoms with Gasteiger partial charge in [-0.2, -0.15) is 0 Å². The second-order valence-electron chi connectivity index (χ2n) is 6.15. The Balaban J connectivity index is 1.75. The lowest BCUT2D eigenvalue weighted by Gasteiger charge is -2.24. The van der Waals surface area contributed by atoms with Gasteiger partial charge in [-0.25, -0.2) is 4.98 Å². The lowest BCUT2D eigenvalue weighted by molar-refractivity contribution is -0.125. The zero-order valence-electron chi connectivity index (χ0n) is 15.0. The van der Waals surface area contributed by atoms with Crippen molar-refractivity contribution < 1.29 is 14.3 Å². The van der Waals surface area contributed by atoms with E-state index in [-0.39, 0.29) is 12.7 Å². The van der Waals surface area contributed by atoms with Crippen LogP contribution in [0.3, 0.4) is 0 Å². The predicted octanol–water partition coefficient (Wildman–Crippen LogP) is 2.66. The van der Waals surface area contributed by atoms with E-state index in [0.717, 1.165) is 33.3 Å². The van der Waals surface area contributed by atoms with E-state index in [9.17, 15) is 4.79 Å². The molecule has 0 aliphatic carbocycles. The minimum atomic E-state index is -0.395. The van der Waals surface area contributed by atoms with E-state index < -0.39 is 6.04 Å². The van der Waals surface area contributed by atoms with Crippen molar-refractivity contribution in [3.63, 3.8) is 0 Å². The standard InChI is InChI=1S/C18H23N3O3S/c1-5-13-16(25-11(2)20-13)9-19-18(22)17(21(3)4)12-6-7-14-15(8-12)24-10-23-14/h6-8,17H,5,9-10H2,1-4H3,(H,19,22). The van der Waals surface area contributed by atoms with Crippen molar-refractivity contribution >= 4 is 17.2 Å². The van der Waals surface area contributed by atoms with Gasteiger partial charge in [0.05, 0.1) is 17.2 Å². The molecule has 0 saturated heterocycles. The first kappa shape index (κ1) is 17.7. The van der Waals surface area contributed by atoms with Gasteiger partial charge in [0, 0.05) is 4.88 Å². The molecular formula is C18H23N3O3S. The third-order valence-corrected chi connectivity index (χ3v) is 5.13. The molecule has 1 unspecified atom stereocenters. The summed E-state index contributed by atoms with van der Waals surface area (Å²) in [6, 6.07) is 5.24. The van der Waals surface area contributed by atoms with Gasteiger partial charge in [-0.15, -0.1) is 11.3 Å². The molecule has 3 rings (SSSR count). The van der Waals surface area contributed by atoms with E-state index in [4.69, 9.17) is 9.47 Å². The predicted molar refractivity (Wildman–Crippen MR) is 97.1 cm³/mol. The number of nitrogens with one attached hydrogen (secondary N) is 1. The van der Waals surface area contributed by atoms with Gasteiger partial charge >= 0.3 is 0 Å². The Labute approximate surface area is 151 Å². The van der Waals surface area contributed by atoms with Gasteiger partial charge in [0.1, 0.15) is 6.04 Å². The number of nitrogens with zero attached hydrogens (tertiary/aromatic N) is 2. The van der Waals surface area contributed by atoms with E-state index in [1.807, 2.05) is 44.1 Å². The quantitative estimate of drug-likeness (QED) is 0.857. The maximum absolute atomic E-state index is 12.8. The molecule has 1 amide bonds. The van der Waals surface area contributed by atoms with E-state index in [0.29, 0.717) is 12.3 Å². The summed E-state index contributed by atoms with van der Waals surface area (Å²) in [4.78, 5) is 20.4. The van der Waals surface area contributed by atoms with Crippen LogP contribution in [0.4, 0.5) is 0 Å². The summed E-state index contributed by atoms with van der Waals surface area (Å²) >= 11 is 1.64. The number of carbonyl (C=O) groups excluding carboxylic acids is 1. The number of aromatic nitrogens is 1. The average Bonchev–Trinajstić information content (AvgIpc) is 3.18. The van der Waals surface area contributed by atoms with Gasteiger partial charge in [-0.05, 0) is 45.1 Å². The van der Waals surface area contributed by atoms with Crippen LogP contribution in [0, 0.1) is 6.92 Å². The fourth-order valence-corrected chi connectivity index (χ4v) is 3.92. The molecule has 1 aliphatic rings. The molecule has 0 radical (unpaired) electrons. The van der Waals surface area contributed by atoms with Gasteiger partial charge < -0.3 is 14.8 Å². The highest BCUT2D eigenvalue weighted by Crippen LogP contribution is 2.35. The van der Waals surface area contributed by atoms with E-state index >= 15 is 0 Å². The Hall–Kier alpha value is -2.12. The Bertz CT molecular complexity index is 773. The topological polar surface area (TPSA) is 63.7 Å².